The van der Waals surface area contributed by atoms with E-state index in [2.05, 4.69) is 5.32 Å². The zero-order chi connectivity index (χ0) is 17.7. The largest absolute Gasteiger partial charge is 0.455 e. The van der Waals surface area contributed by atoms with E-state index < -0.39 is 24.3 Å². The van der Waals surface area contributed by atoms with Crippen molar-refractivity contribution in [2.24, 2.45) is 0 Å². The first-order chi connectivity index (χ1) is 11.3. The predicted molar refractivity (Wildman–Crippen MR) is 91.2 cm³/mol. The Bertz CT molecular complexity index is 718. The molecule has 0 bridgehead atoms. The van der Waals surface area contributed by atoms with Crippen LogP contribution in [-0.2, 0) is 20.7 Å². The first kappa shape index (κ1) is 18.5. The van der Waals surface area contributed by atoms with Gasteiger partial charge in [-0.25, -0.2) is 4.39 Å². The first-order valence-electron chi connectivity index (χ1n) is 6.69. The third kappa shape index (κ3) is 5.37. The number of anilines is 1. The molecule has 0 saturated heterocycles. The summed E-state index contributed by atoms with van der Waals surface area (Å²) in [6, 6.07) is 8.47. The maximum atomic E-state index is 13.0. The molecule has 2 rings (SSSR count). The van der Waals surface area contributed by atoms with Gasteiger partial charge < -0.3 is 10.1 Å². The second-order valence-corrected chi connectivity index (χ2v) is 5.98. The fraction of sp³-hybridized carbons (Fsp3) is 0.125. The van der Waals surface area contributed by atoms with E-state index in [0.717, 1.165) is 6.07 Å². The highest BCUT2D eigenvalue weighted by molar-refractivity contribution is 6.42. The van der Waals surface area contributed by atoms with Gasteiger partial charge in [0.05, 0.1) is 21.5 Å². The molecule has 0 atom stereocenters. The van der Waals surface area contributed by atoms with E-state index in [-0.39, 0.29) is 11.4 Å². The average Bonchev–Trinajstić information content (AvgIpc) is 2.53. The highest BCUT2D eigenvalue weighted by Crippen LogP contribution is 2.23. The molecule has 0 radical (unpaired) electrons. The van der Waals surface area contributed by atoms with E-state index in [1.807, 2.05) is 0 Å². The van der Waals surface area contributed by atoms with Crippen LogP contribution in [0.4, 0.5) is 10.1 Å². The van der Waals surface area contributed by atoms with Crippen LogP contribution in [0.5, 0.6) is 0 Å². The van der Waals surface area contributed by atoms with E-state index in [0.29, 0.717) is 21.3 Å². The van der Waals surface area contributed by atoms with Gasteiger partial charge in [0.15, 0.2) is 6.61 Å². The van der Waals surface area contributed by atoms with Gasteiger partial charge in [-0.05, 0) is 35.9 Å². The molecule has 0 aliphatic carbocycles. The number of carbonyl (C=O) groups excluding carboxylic acids is 2. The van der Waals surface area contributed by atoms with Crippen molar-refractivity contribution in [3.8, 4) is 0 Å². The van der Waals surface area contributed by atoms with Gasteiger partial charge >= 0.3 is 5.97 Å². The normalized spacial score (nSPS) is 10.3. The van der Waals surface area contributed by atoms with Gasteiger partial charge in [0.1, 0.15) is 5.82 Å². The number of esters is 1. The number of carbonyl (C=O) groups is 2. The molecule has 0 fully saturated rings. The molecule has 0 unspecified atom stereocenters. The molecule has 0 spiro atoms. The van der Waals surface area contributed by atoms with Gasteiger partial charge in [0.25, 0.3) is 5.91 Å². The number of halogens is 4. The quantitative estimate of drug-likeness (QED) is 0.764. The van der Waals surface area contributed by atoms with E-state index in [1.165, 1.54) is 12.1 Å². The summed E-state index contributed by atoms with van der Waals surface area (Å²) in [6.07, 6.45) is -0.0491. The summed E-state index contributed by atoms with van der Waals surface area (Å²) in [6.45, 7) is -0.477. The van der Waals surface area contributed by atoms with Crippen LogP contribution in [0.1, 0.15) is 5.56 Å². The zero-order valence-corrected chi connectivity index (χ0v) is 14.4. The van der Waals surface area contributed by atoms with Crippen LogP contribution in [-0.4, -0.2) is 18.5 Å². The summed E-state index contributed by atoms with van der Waals surface area (Å²) in [4.78, 5) is 23.4. The summed E-state index contributed by atoms with van der Waals surface area (Å²) in [5.74, 6) is -1.76. The molecule has 2 aromatic rings. The third-order valence-corrected chi connectivity index (χ3v) is 3.93. The number of ether oxygens (including phenoxy) is 1. The molecule has 0 heterocycles. The summed E-state index contributed by atoms with van der Waals surface area (Å²) in [7, 11) is 0. The molecular formula is C16H11Cl3FNO3. The van der Waals surface area contributed by atoms with Crippen LogP contribution in [0.25, 0.3) is 0 Å². The minimum Gasteiger partial charge on any atom is -0.455 e. The van der Waals surface area contributed by atoms with Crippen LogP contribution in [0.15, 0.2) is 36.4 Å². The zero-order valence-electron chi connectivity index (χ0n) is 12.1. The van der Waals surface area contributed by atoms with Crippen LogP contribution < -0.4 is 5.32 Å². The van der Waals surface area contributed by atoms with Gasteiger partial charge in [-0.2, -0.15) is 0 Å². The Hall–Kier alpha value is -1.82. The Morgan fingerprint density at radius 1 is 1.00 bits per heavy atom. The summed E-state index contributed by atoms with van der Waals surface area (Å²) < 4.78 is 17.9. The molecular weight excluding hydrogens is 380 g/mol. The molecule has 0 aliphatic rings. The number of benzene rings is 2. The van der Waals surface area contributed by atoms with E-state index in [4.69, 9.17) is 39.5 Å². The van der Waals surface area contributed by atoms with Crippen molar-refractivity contribution in [3.63, 3.8) is 0 Å². The minimum atomic E-state index is -0.597. The first-order valence-corrected chi connectivity index (χ1v) is 7.83. The predicted octanol–water partition coefficient (Wildman–Crippen LogP) is 4.51. The van der Waals surface area contributed by atoms with E-state index >= 15 is 0 Å². The molecule has 24 heavy (non-hydrogen) atoms. The molecule has 1 N–H and O–H groups in total. The standard InChI is InChI=1S/C16H11Cl3FNO3/c17-11-3-1-9(5-12(11)18)6-16(23)24-8-15(22)21-10-2-4-14(20)13(19)7-10/h1-5,7H,6,8H2,(H,21,22). The van der Waals surface area contributed by atoms with Crippen LogP contribution in [0.3, 0.4) is 0 Å². The Labute approximate surface area is 152 Å². The Kier molecular flexibility index (Phi) is 6.43. The smallest absolute Gasteiger partial charge is 0.310 e. The second kappa shape index (κ2) is 8.33. The van der Waals surface area contributed by atoms with E-state index in [9.17, 15) is 14.0 Å². The number of amides is 1. The second-order valence-electron chi connectivity index (χ2n) is 4.76. The van der Waals surface area contributed by atoms with Gasteiger partial charge in [-0.15, -0.1) is 0 Å². The van der Waals surface area contributed by atoms with Crippen molar-refractivity contribution in [1.82, 2.24) is 0 Å². The molecule has 0 saturated carbocycles. The Morgan fingerprint density at radius 3 is 2.42 bits per heavy atom. The minimum absolute atomic E-state index is 0.0491. The number of hydrogen-bond donors (Lipinski definition) is 1. The highest BCUT2D eigenvalue weighted by Gasteiger charge is 2.11. The van der Waals surface area contributed by atoms with Crippen molar-refractivity contribution >= 4 is 52.4 Å². The van der Waals surface area contributed by atoms with E-state index in [1.54, 1.807) is 18.2 Å². The van der Waals surface area contributed by atoms with Crippen molar-refractivity contribution < 1.29 is 18.7 Å². The van der Waals surface area contributed by atoms with Crippen molar-refractivity contribution in [2.75, 3.05) is 11.9 Å². The van der Waals surface area contributed by atoms with Crippen LogP contribution in [0.2, 0.25) is 15.1 Å². The van der Waals surface area contributed by atoms with Crippen LogP contribution >= 0.6 is 34.8 Å². The van der Waals surface area contributed by atoms with Crippen molar-refractivity contribution in [2.45, 2.75) is 6.42 Å². The molecule has 2 aromatic carbocycles. The Balaban J connectivity index is 1.83. The number of nitrogens with one attached hydrogen (secondary N) is 1. The molecule has 1 amide bonds. The van der Waals surface area contributed by atoms with Gasteiger partial charge in [-0.3, -0.25) is 9.59 Å². The van der Waals surface area contributed by atoms with Gasteiger partial charge in [0.2, 0.25) is 0 Å². The van der Waals surface area contributed by atoms with Gasteiger partial charge in [0, 0.05) is 5.69 Å². The highest BCUT2D eigenvalue weighted by atomic mass is 35.5. The molecule has 126 valence electrons. The summed E-state index contributed by atoms with van der Waals surface area (Å²) in [5.41, 5.74) is 0.909. The molecule has 8 heteroatoms. The average molecular weight is 391 g/mol. The third-order valence-electron chi connectivity index (χ3n) is 2.90. The van der Waals surface area contributed by atoms with Crippen LogP contribution in [0, 0.1) is 5.82 Å². The number of hydrogen-bond acceptors (Lipinski definition) is 3. The lowest BCUT2D eigenvalue weighted by atomic mass is 10.1. The molecule has 4 nitrogen and oxygen atoms in total. The van der Waals surface area contributed by atoms with Gasteiger partial charge in [-0.1, -0.05) is 40.9 Å². The lowest BCUT2D eigenvalue weighted by Crippen LogP contribution is -2.21. The van der Waals surface area contributed by atoms with Crippen molar-refractivity contribution in [3.05, 3.63) is 62.8 Å². The fourth-order valence-electron chi connectivity index (χ4n) is 1.78. The lowest BCUT2D eigenvalue weighted by molar-refractivity contribution is -0.146. The molecule has 0 aromatic heterocycles. The SMILES string of the molecule is O=C(COC(=O)Cc1ccc(Cl)c(Cl)c1)Nc1ccc(F)c(Cl)c1. The fourth-order valence-corrected chi connectivity index (χ4v) is 2.29. The monoisotopic (exact) mass is 389 g/mol. The Morgan fingerprint density at radius 2 is 1.75 bits per heavy atom. The van der Waals surface area contributed by atoms with Crippen molar-refractivity contribution in [1.29, 1.82) is 0 Å². The summed E-state index contributed by atoms with van der Waals surface area (Å²) in [5, 5.41) is 3.03. The maximum Gasteiger partial charge on any atom is 0.310 e. The topological polar surface area (TPSA) is 55.4 Å². The maximum absolute atomic E-state index is 13.0. The lowest BCUT2D eigenvalue weighted by Gasteiger charge is -2.07. The summed E-state index contributed by atoms with van der Waals surface area (Å²) >= 11 is 17.2. The number of rotatable bonds is 5. The molecule has 0 aliphatic heterocycles.